The maximum atomic E-state index is 12.0. The summed E-state index contributed by atoms with van der Waals surface area (Å²) >= 11 is 0. The highest BCUT2D eigenvalue weighted by Gasteiger charge is 2.31. The van der Waals surface area contributed by atoms with E-state index in [2.05, 4.69) is 5.32 Å². The average Bonchev–Trinajstić information content (AvgIpc) is 2.20. The second-order valence-corrected chi connectivity index (χ2v) is 4.30. The van der Waals surface area contributed by atoms with Crippen molar-refractivity contribution in [2.24, 2.45) is 5.73 Å². The number of primary amides is 1. The Morgan fingerprint density at radius 3 is 2.94 bits per heavy atom. The van der Waals surface area contributed by atoms with Gasteiger partial charge in [-0.3, -0.25) is 9.59 Å². The van der Waals surface area contributed by atoms with Crippen LogP contribution in [0.15, 0.2) is 0 Å². The van der Waals surface area contributed by atoms with Crippen molar-refractivity contribution in [3.8, 4) is 0 Å². The highest BCUT2D eigenvalue weighted by atomic mass is 16.2. The van der Waals surface area contributed by atoms with Crippen molar-refractivity contribution < 1.29 is 9.59 Å². The molecule has 0 bridgehead atoms. The third-order valence-corrected chi connectivity index (χ3v) is 2.95. The molecule has 2 unspecified atom stereocenters. The number of piperidine rings is 1. The van der Waals surface area contributed by atoms with Crippen LogP contribution in [0.5, 0.6) is 0 Å². The van der Waals surface area contributed by atoms with Gasteiger partial charge in [0, 0.05) is 19.0 Å². The molecular weight excluding hydrogens is 206 g/mol. The van der Waals surface area contributed by atoms with Crippen molar-refractivity contribution in [2.45, 2.75) is 45.2 Å². The smallest absolute Gasteiger partial charge is 0.239 e. The van der Waals surface area contributed by atoms with Gasteiger partial charge < -0.3 is 16.0 Å². The molecule has 5 nitrogen and oxygen atoms in total. The number of likely N-dealkylation sites (tertiary alicyclic amines) is 1. The fourth-order valence-electron chi connectivity index (χ4n) is 2.17. The van der Waals surface area contributed by atoms with Crippen LogP contribution in [0.4, 0.5) is 0 Å². The fourth-order valence-corrected chi connectivity index (χ4v) is 2.17. The fraction of sp³-hybridized carbons (Fsp3) is 0.818. The zero-order chi connectivity index (χ0) is 12.1. The molecule has 2 atom stereocenters. The summed E-state index contributed by atoms with van der Waals surface area (Å²) in [7, 11) is 0. The molecule has 0 spiro atoms. The van der Waals surface area contributed by atoms with Crippen LogP contribution in [0.2, 0.25) is 0 Å². The first-order valence-electron chi connectivity index (χ1n) is 5.88. The molecule has 0 saturated carbocycles. The predicted octanol–water partition coefficient (Wildman–Crippen LogP) is -0.149. The first-order chi connectivity index (χ1) is 7.56. The second-order valence-electron chi connectivity index (χ2n) is 4.30. The van der Waals surface area contributed by atoms with E-state index in [1.165, 1.54) is 0 Å². The lowest BCUT2D eigenvalue weighted by molar-refractivity contribution is -0.138. The van der Waals surface area contributed by atoms with E-state index in [0.29, 0.717) is 0 Å². The van der Waals surface area contributed by atoms with E-state index < -0.39 is 0 Å². The summed E-state index contributed by atoms with van der Waals surface area (Å²) in [5, 5.41) is 3.17. The highest BCUT2D eigenvalue weighted by Crippen LogP contribution is 2.16. The van der Waals surface area contributed by atoms with E-state index in [4.69, 9.17) is 5.73 Å². The van der Waals surface area contributed by atoms with Gasteiger partial charge in [-0.2, -0.15) is 0 Å². The summed E-state index contributed by atoms with van der Waals surface area (Å²) in [4.78, 5) is 24.7. The van der Waals surface area contributed by atoms with Gasteiger partial charge in [0.05, 0.1) is 6.04 Å². The minimum absolute atomic E-state index is 0.0888. The lowest BCUT2D eigenvalue weighted by Crippen LogP contribution is -2.54. The number of carbonyl (C=O) groups excluding carboxylic acids is 2. The van der Waals surface area contributed by atoms with Gasteiger partial charge in [0.15, 0.2) is 0 Å². The van der Waals surface area contributed by atoms with Gasteiger partial charge in [-0.05, 0) is 26.3 Å². The molecule has 1 rings (SSSR count). The molecule has 1 aliphatic rings. The Morgan fingerprint density at radius 1 is 1.69 bits per heavy atom. The van der Waals surface area contributed by atoms with Crippen LogP contribution in [0, 0.1) is 0 Å². The minimum Gasteiger partial charge on any atom is -0.370 e. The first kappa shape index (κ1) is 13.0. The summed E-state index contributed by atoms with van der Waals surface area (Å²) in [6.45, 7) is 5.37. The van der Waals surface area contributed by atoms with E-state index in [9.17, 15) is 9.59 Å². The van der Waals surface area contributed by atoms with Crippen LogP contribution in [-0.4, -0.2) is 41.9 Å². The van der Waals surface area contributed by atoms with Crippen LogP contribution in [0.25, 0.3) is 0 Å². The monoisotopic (exact) mass is 227 g/mol. The van der Waals surface area contributed by atoms with Crippen LogP contribution >= 0.6 is 0 Å². The molecule has 1 heterocycles. The average molecular weight is 227 g/mol. The number of hydrogen-bond acceptors (Lipinski definition) is 3. The van der Waals surface area contributed by atoms with E-state index in [0.717, 1.165) is 25.9 Å². The van der Waals surface area contributed by atoms with Crippen LogP contribution in [-0.2, 0) is 9.59 Å². The number of amides is 2. The molecule has 92 valence electrons. The van der Waals surface area contributed by atoms with E-state index >= 15 is 0 Å². The molecule has 2 amide bonds. The number of hydrogen-bond donors (Lipinski definition) is 2. The van der Waals surface area contributed by atoms with Crippen molar-refractivity contribution >= 4 is 11.8 Å². The zero-order valence-corrected chi connectivity index (χ0v) is 10.0. The predicted molar refractivity (Wildman–Crippen MR) is 61.7 cm³/mol. The van der Waals surface area contributed by atoms with Gasteiger partial charge in [-0.25, -0.2) is 0 Å². The molecule has 0 aromatic rings. The largest absolute Gasteiger partial charge is 0.370 e. The maximum absolute atomic E-state index is 12.0. The van der Waals surface area contributed by atoms with Crippen molar-refractivity contribution in [1.29, 1.82) is 0 Å². The third-order valence-electron chi connectivity index (χ3n) is 2.95. The molecular formula is C11H21N3O2. The SMILES string of the molecule is CCNC1CCCN(C(C)CC(N)=O)C1=O. The van der Waals surface area contributed by atoms with Crippen molar-refractivity contribution in [1.82, 2.24) is 10.2 Å². The molecule has 0 aromatic carbocycles. The van der Waals surface area contributed by atoms with Crippen molar-refractivity contribution in [3.05, 3.63) is 0 Å². The lowest BCUT2D eigenvalue weighted by atomic mass is 10.0. The van der Waals surface area contributed by atoms with Gasteiger partial charge in [0.25, 0.3) is 0 Å². The Hall–Kier alpha value is -1.10. The van der Waals surface area contributed by atoms with Gasteiger partial charge in [-0.15, -0.1) is 0 Å². The standard InChI is InChI=1S/C11H21N3O2/c1-3-13-9-5-4-6-14(11(9)16)8(2)7-10(12)15/h8-9,13H,3-7H2,1-2H3,(H2,12,15). The van der Waals surface area contributed by atoms with Crippen molar-refractivity contribution in [2.75, 3.05) is 13.1 Å². The van der Waals surface area contributed by atoms with Gasteiger partial charge >= 0.3 is 0 Å². The molecule has 0 aliphatic carbocycles. The quantitative estimate of drug-likeness (QED) is 0.686. The normalized spacial score (nSPS) is 23.2. The van der Waals surface area contributed by atoms with Gasteiger partial charge in [-0.1, -0.05) is 6.92 Å². The lowest BCUT2D eigenvalue weighted by Gasteiger charge is -2.36. The number of carbonyl (C=O) groups is 2. The molecule has 5 heteroatoms. The van der Waals surface area contributed by atoms with Crippen LogP contribution in [0.3, 0.4) is 0 Å². The third kappa shape index (κ3) is 3.20. The topological polar surface area (TPSA) is 75.4 Å². The number of nitrogens with zero attached hydrogens (tertiary/aromatic N) is 1. The Labute approximate surface area is 96.4 Å². The second kappa shape index (κ2) is 5.84. The number of rotatable bonds is 5. The highest BCUT2D eigenvalue weighted by molar-refractivity contribution is 5.83. The van der Waals surface area contributed by atoms with Gasteiger partial charge in [0.1, 0.15) is 0 Å². The first-order valence-corrected chi connectivity index (χ1v) is 5.88. The summed E-state index contributed by atoms with van der Waals surface area (Å²) in [5.74, 6) is -0.257. The molecule has 1 aliphatic heterocycles. The van der Waals surface area contributed by atoms with Crippen molar-refractivity contribution in [3.63, 3.8) is 0 Å². The number of likely N-dealkylation sites (N-methyl/N-ethyl adjacent to an activating group) is 1. The Kier molecular flexibility index (Phi) is 4.73. The summed E-state index contributed by atoms with van der Waals surface area (Å²) in [5.41, 5.74) is 5.15. The van der Waals surface area contributed by atoms with E-state index in [1.807, 2.05) is 13.8 Å². The summed E-state index contributed by atoms with van der Waals surface area (Å²) in [6, 6.07) is -0.180. The summed E-state index contributed by atoms with van der Waals surface area (Å²) in [6.07, 6.45) is 2.10. The molecule has 3 N–H and O–H groups in total. The van der Waals surface area contributed by atoms with Gasteiger partial charge in [0.2, 0.25) is 11.8 Å². The van der Waals surface area contributed by atoms with Crippen LogP contribution < -0.4 is 11.1 Å². The molecule has 0 radical (unpaired) electrons. The van der Waals surface area contributed by atoms with E-state index in [1.54, 1.807) is 4.90 Å². The number of nitrogens with two attached hydrogens (primary N) is 1. The zero-order valence-electron chi connectivity index (χ0n) is 10.0. The number of nitrogens with one attached hydrogen (secondary N) is 1. The maximum Gasteiger partial charge on any atom is 0.239 e. The summed E-state index contributed by atoms with van der Waals surface area (Å²) < 4.78 is 0. The molecule has 1 saturated heterocycles. The molecule has 16 heavy (non-hydrogen) atoms. The Bertz CT molecular complexity index is 266. The molecule has 1 fully saturated rings. The minimum atomic E-state index is -0.356. The van der Waals surface area contributed by atoms with Crippen LogP contribution in [0.1, 0.15) is 33.1 Å². The Balaban J connectivity index is 2.58. The van der Waals surface area contributed by atoms with E-state index in [-0.39, 0.29) is 30.3 Å². The Morgan fingerprint density at radius 2 is 2.38 bits per heavy atom. The molecule has 0 aromatic heterocycles.